The van der Waals surface area contributed by atoms with Gasteiger partial charge in [-0.25, -0.2) is 4.79 Å². The van der Waals surface area contributed by atoms with Crippen LogP contribution in [-0.2, 0) is 12.8 Å². The standard InChI is InChI=1S/C16H18BrNO2/c1-4-6-13-11(5-2)14(16(19)20)12-8-10(17)7-9(3)15(12)18-13/h7-8H,4-6H2,1-3H3,(H,19,20). The molecule has 0 unspecified atom stereocenters. The van der Waals surface area contributed by atoms with Gasteiger partial charge in [0.2, 0.25) is 0 Å². The molecule has 0 aliphatic rings. The molecular weight excluding hydrogens is 318 g/mol. The predicted molar refractivity (Wildman–Crippen MR) is 84.5 cm³/mol. The van der Waals surface area contributed by atoms with Crippen molar-refractivity contribution in [1.82, 2.24) is 4.98 Å². The van der Waals surface area contributed by atoms with Crippen molar-refractivity contribution < 1.29 is 9.90 Å². The normalized spacial score (nSPS) is 11.0. The summed E-state index contributed by atoms with van der Waals surface area (Å²) in [5, 5.41) is 10.3. The fourth-order valence-electron chi connectivity index (χ4n) is 2.65. The highest BCUT2D eigenvalue weighted by molar-refractivity contribution is 9.10. The molecule has 0 amide bonds. The number of carboxylic acids is 1. The summed E-state index contributed by atoms with van der Waals surface area (Å²) < 4.78 is 0.886. The lowest BCUT2D eigenvalue weighted by molar-refractivity contribution is 0.0697. The number of aryl methyl sites for hydroxylation is 2. The molecule has 1 aromatic heterocycles. The first-order valence-corrected chi connectivity index (χ1v) is 7.63. The van der Waals surface area contributed by atoms with Crippen molar-refractivity contribution in [3.8, 4) is 0 Å². The number of halogens is 1. The van der Waals surface area contributed by atoms with E-state index in [0.717, 1.165) is 45.0 Å². The van der Waals surface area contributed by atoms with E-state index < -0.39 is 5.97 Å². The Morgan fingerprint density at radius 2 is 2.05 bits per heavy atom. The van der Waals surface area contributed by atoms with E-state index in [9.17, 15) is 9.90 Å². The molecular formula is C16H18BrNO2. The lowest BCUT2D eigenvalue weighted by atomic mass is 9.95. The third-order valence-electron chi connectivity index (χ3n) is 3.49. The van der Waals surface area contributed by atoms with Crippen LogP contribution in [0, 0.1) is 6.92 Å². The molecule has 2 rings (SSSR count). The van der Waals surface area contributed by atoms with Crippen LogP contribution in [0.2, 0.25) is 0 Å². The van der Waals surface area contributed by atoms with Crippen molar-refractivity contribution in [2.45, 2.75) is 40.0 Å². The van der Waals surface area contributed by atoms with Crippen molar-refractivity contribution in [1.29, 1.82) is 0 Å². The lowest BCUT2D eigenvalue weighted by Crippen LogP contribution is -2.09. The first-order chi connectivity index (χ1) is 9.49. The molecule has 106 valence electrons. The number of rotatable bonds is 4. The van der Waals surface area contributed by atoms with Crippen LogP contribution in [0.15, 0.2) is 16.6 Å². The number of hydrogen-bond acceptors (Lipinski definition) is 2. The van der Waals surface area contributed by atoms with E-state index in [1.807, 2.05) is 26.0 Å². The number of benzene rings is 1. The molecule has 4 heteroatoms. The predicted octanol–water partition coefficient (Wildman–Crippen LogP) is 4.52. The molecule has 0 fully saturated rings. The monoisotopic (exact) mass is 335 g/mol. The van der Waals surface area contributed by atoms with E-state index in [1.165, 1.54) is 0 Å². The van der Waals surface area contributed by atoms with E-state index in [-0.39, 0.29) is 0 Å². The Balaban J connectivity index is 2.94. The molecule has 0 radical (unpaired) electrons. The Labute approximate surface area is 127 Å². The Hall–Kier alpha value is -1.42. The van der Waals surface area contributed by atoms with Gasteiger partial charge in [-0.3, -0.25) is 4.98 Å². The first-order valence-electron chi connectivity index (χ1n) is 6.84. The van der Waals surface area contributed by atoms with Crippen molar-refractivity contribution >= 4 is 32.8 Å². The van der Waals surface area contributed by atoms with E-state index in [1.54, 1.807) is 0 Å². The Morgan fingerprint density at radius 3 is 2.60 bits per heavy atom. The second kappa shape index (κ2) is 5.92. The molecule has 0 aliphatic carbocycles. The minimum atomic E-state index is -0.871. The van der Waals surface area contributed by atoms with Gasteiger partial charge in [-0.1, -0.05) is 36.2 Å². The molecule has 0 spiro atoms. The van der Waals surface area contributed by atoms with Crippen molar-refractivity contribution in [2.75, 3.05) is 0 Å². The maximum atomic E-state index is 11.7. The van der Waals surface area contributed by atoms with E-state index in [4.69, 9.17) is 4.98 Å². The zero-order valence-corrected chi connectivity index (χ0v) is 13.5. The summed E-state index contributed by atoms with van der Waals surface area (Å²) in [6.45, 7) is 6.03. The summed E-state index contributed by atoms with van der Waals surface area (Å²) in [7, 11) is 0. The fourth-order valence-corrected chi connectivity index (χ4v) is 3.22. The highest BCUT2D eigenvalue weighted by Gasteiger charge is 2.19. The number of hydrogen-bond donors (Lipinski definition) is 1. The fraction of sp³-hybridized carbons (Fsp3) is 0.375. The molecule has 3 nitrogen and oxygen atoms in total. The quantitative estimate of drug-likeness (QED) is 0.893. The maximum Gasteiger partial charge on any atom is 0.336 e. The lowest BCUT2D eigenvalue weighted by Gasteiger charge is -2.15. The summed E-state index contributed by atoms with van der Waals surface area (Å²) in [6, 6.07) is 3.83. The van der Waals surface area contributed by atoms with Crippen molar-refractivity contribution in [3.05, 3.63) is 39.0 Å². The average molecular weight is 336 g/mol. The molecule has 1 heterocycles. The highest BCUT2D eigenvalue weighted by atomic mass is 79.9. The molecule has 20 heavy (non-hydrogen) atoms. The Kier molecular flexibility index (Phi) is 4.43. The van der Waals surface area contributed by atoms with Crippen LogP contribution < -0.4 is 0 Å². The van der Waals surface area contributed by atoms with Gasteiger partial charge in [0.25, 0.3) is 0 Å². The molecule has 1 N–H and O–H groups in total. The minimum Gasteiger partial charge on any atom is -0.478 e. The van der Waals surface area contributed by atoms with Crippen LogP contribution >= 0.6 is 15.9 Å². The van der Waals surface area contributed by atoms with Crippen LogP contribution in [0.5, 0.6) is 0 Å². The number of aromatic carboxylic acids is 1. The summed E-state index contributed by atoms with van der Waals surface area (Å²) >= 11 is 3.44. The van der Waals surface area contributed by atoms with Gasteiger partial charge in [0, 0.05) is 15.6 Å². The van der Waals surface area contributed by atoms with Gasteiger partial charge in [0.1, 0.15) is 0 Å². The zero-order chi connectivity index (χ0) is 14.9. The topological polar surface area (TPSA) is 50.2 Å². The molecule has 0 bridgehead atoms. The highest BCUT2D eigenvalue weighted by Crippen LogP contribution is 2.30. The van der Waals surface area contributed by atoms with E-state index in [2.05, 4.69) is 22.9 Å². The molecule has 0 aliphatic heterocycles. The van der Waals surface area contributed by atoms with Gasteiger partial charge in [-0.2, -0.15) is 0 Å². The Bertz CT molecular complexity index is 680. The second-order valence-electron chi connectivity index (χ2n) is 4.94. The first kappa shape index (κ1) is 15.0. The van der Waals surface area contributed by atoms with Gasteiger partial charge < -0.3 is 5.11 Å². The SMILES string of the molecule is CCCc1nc2c(C)cc(Br)cc2c(C(=O)O)c1CC. The minimum absolute atomic E-state index is 0.408. The zero-order valence-electron chi connectivity index (χ0n) is 12.0. The van der Waals surface area contributed by atoms with Crippen molar-refractivity contribution in [2.24, 2.45) is 0 Å². The second-order valence-corrected chi connectivity index (χ2v) is 5.86. The van der Waals surface area contributed by atoms with E-state index in [0.29, 0.717) is 12.0 Å². The third-order valence-corrected chi connectivity index (χ3v) is 3.94. The molecule has 0 saturated carbocycles. The summed E-state index contributed by atoms with van der Waals surface area (Å²) in [5.74, 6) is -0.871. The Morgan fingerprint density at radius 1 is 1.35 bits per heavy atom. The summed E-state index contributed by atoms with van der Waals surface area (Å²) in [4.78, 5) is 16.5. The molecule has 0 atom stereocenters. The van der Waals surface area contributed by atoms with Crippen LogP contribution in [-0.4, -0.2) is 16.1 Å². The molecule has 1 aromatic carbocycles. The summed E-state index contributed by atoms with van der Waals surface area (Å²) in [6.07, 6.45) is 2.46. The third kappa shape index (κ3) is 2.57. The number of nitrogens with zero attached hydrogens (tertiary/aromatic N) is 1. The van der Waals surface area contributed by atoms with Gasteiger partial charge in [0.15, 0.2) is 0 Å². The van der Waals surface area contributed by atoms with Crippen LogP contribution in [0.1, 0.15) is 47.4 Å². The van der Waals surface area contributed by atoms with Gasteiger partial charge >= 0.3 is 5.97 Å². The average Bonchev–Trinajstić information content (AvgIpc) is 2.38. The van der Waals surface area contributed by atoms with Gasteiger partial charge in [0.05, 0.1) is 11.1 Å². The number of pyridine rings is 1. The van der Waals surface area contributed by atoms with Gasteiger partial charge in [-0.05, 0) is 43.0 Å². The maximum absolute atomic E-state index is 11.7. The number of carbonyl (C=O) groups is 1. The number of carboxylic acid groups (broad SMARTS) is 1. The summed E-state index contributed by atoms with van der Waals surface area (Å²) in [5.41, 5.74) is 3.99. The molecule has 2 aromatic rings. The number of aromatic nitrogens is 1. The van der Waals surface area contributed by atoms with E-state index >= 15 is 0 Å². The largest absolute Gasteiger partial charge is 0.478 e. The van der Waals surface area contributed by atoms with Crippen LogP contribution in [0.4, 0.5) is 0 Å². The smallest absolute Gasteiger partial charge is 0.336 e. The van der Waals surface area contributed by atoms with Crippen molar-refractivity contribution in [3.63, 3.8) is 0 Å². The van der Waals surface area contributed by atoms with Gasteiger partial charge in [-0.15, -0.1) is 0 Å². The van der Waals surface area contributed by atoms with Crippen LogP contribution in [0.3, 0.4) is 0 Å². The van der Waals surface area contributed by atoms with Crippen LogP contribution in [0.25, 0.3) is 10.9 Å². The molecule has 0 saturated heterocycles. The number of fused-ring (bicyclic) bond motifs is 1.